The number of Topliss-reactive ketones (excluding diaryl/α,β-unsaturated/α-hetero) is 1. The van der Waals surface area contributed by atoms with Gasteiger partial charge >= 0.3 is 0 Å². The molecule has 1 heterocycles. The zero-order chi connectivity index (χ0) is 16.7. The summed E-state index contributed by atoms with van der Waals surface area (Å²) in [5.74, 6) is 0.402. The molecule has 1 saturated heterocycles. The van der Waals surface area contributed by atoms with E-state index < -0.39 is 0 Å². The number of nitrogens with one attached hydrogen (secondary N) is 1. The molecule has 1 aliphatic rings. The average Bonchev–Trinajstić information content (AvgIpc) is 2.53. The maximum absolute atomic E-state index is 13.1. The Kier molecular flexibility index (Phi) is 6.12. The number of hydrogen-bond acceptors (Lipinski definition) is 2. The number of piperidine rings is 1. The molecule has 122 valence electrons. The first kappa shape index (κ1) is 17.4. The van der Waals surface area contributed by atoms with E-state index >= 15 is 0 Å². The van der Waals surface area contributed by atoms with Crippen LogP contribution in [0.5, 0.6) is 0 Å². The standard InChI is InChI=1S/C21H27NO/c1-4-9-17(10-5-2)13-19-15-22-16-21(3,20(19)23)14-18-11-7-6-8-12-18/h4-12,19,22H,1,13-16H2,2-3H3/b10-5-,17-9+. The summed E-state index contributed by atoms with van der Waals surface area (Å²) in [4.78, 5) is 13.1. The molecule has 1 N–H and O–H groups in total. The van der Waals surface area contributed by atoms with Gasteiger partial charge in [-0.15, -0.1) is 0 Å². The van der Waals surface area contributed by atoms with E-state index in [2.05, 4.69) is 37.0 Å². The summed E-state index contributed by atoms with van der Waals surface area (Å²) in [7, 11) is 0. The van der Waals surface area contributed by atoms with Crippen LogP contribution in [-0.4, -0.2) is 18.9 Å². The van der Waals surface area contributed by atoms with Gasteiger partial charge in [0.25, 0.3) is 0 Å². The SMILES string of the molecule is C=C/C=C(\C=C/C)CC1CNCC(C)(Cc2ccccc2)C1=O. The van der Waals surface area contributed by atoms with Gasteiger partial charge in [0.15, 0.2) is 0 Å². The van der Waals surface area contributed by atoms with Gasteiger partial charge in [-0.3, -0.25) is 4.79 Å². The molecule has 0 spiro atoms. The van der Waals surface area contributed by atoms with Crippen molar-refractivity contribution in [1.29, 1.82) is 0 Å². The van der Waals surface area contributed by atoms with Gasteiger partial charge in [0.05, 0.1) is 0 Å². The lowest BCUT2D eigenvalue weighted by Gasteiger charge is -2.37. The van der Waals surface area contributed by atoms with Gasteiger partial charge in [0.1, 0.15) is 5.78 Å². The minimum absolute atomic E-state index is 0.0277. The molecule has 0 saturated carbocycles. The Morgan fingerprint density at radius 2 is 2.13 bits per heavy atom. The Morgan fingerprint density at radius 3 is 2.78 bits per heavy atom. The summed E-state index contributed by atoms with van der Waals surface area (Å²) in [5.41, 5.74) is 2.05. The first-order valence-electron chi connectivity index (χ1n) is 8.32. The third kappa shape index (κ3) is 4.52. The molecule has 0 aliphatic carbocycles. The molecule has 1 aromatic carbocycles. The van der Waals surface area contributed by atoms with E-state index in [0.29, 0.717) is 5.78 Å². The van der Waals surface area contributed by atoms with Crippen LogP contribution in [0.3, 0.4) is 0 Å². The van der Waals surface area contributed by atoms with Crippen molar-refractivity contribution in [2.24, 2.45) is 11.3 Å². The summed E-state index contributed by atoms with van der Waals surface area (Å²) in [6.07, 6.45) is 9.43. The van der Waals surface area contributed by atoms with Gasteiger partial charge < -0.3 is 5.32 Å². The number of hydrogen-bond donors (Lipinski definition) is 1. The lowest BCUT2D eigenvalue weighted by molar-refractivity contribution is -0.133. The molecule has 2 rings (SSSR count). The summed E-state index contributed by atoms with van der Waals surface area (Å²) < 4.78 is 0. The van der Waals surface area contributed by atoms with E-state index in [1.54, 1.807) is 6.08 Å². The van der Waals surface area contributed by atoms with Crippen molar-refractivity contribution in [2.45, 2.75) is 26.7 Å². The summed E-state index contributed by atoms with van der Waals surface area (Å²) in [6, 6.07) is 10.3. The van der Waals surface area contributed by atoms with Crippen molar-refractivity contribution in [1.82, 2.24) is 5.32 Å². The molecule has 2 unspecified atom stereocenters. The van der Waals surface area contributed by atoms with E-state index in [1.807, 2.05) is 37.3 Å². The molecule has 1 aromatic rings. The van der Waals surface area contributed by atoms with Gasteiger partial charge in [0, 0.05) is 24.4 Å². The van der Waals surface area contributed by atoms with Crippen LogP contribution in [0.1, 0.15) is 25.8 Å². The van der Waals surface area contributed by atoms with Crippen molar-refractivity contribution >= 4 is 5.78 Å². The molecule has 0 bridgehead atoms. The molecule has 0 aromatic heterocycles. The number of carbonyl (C=O) groups is 1. The monoisotopic (exact) mass is 309 g/mol. The topological polar surface area (TPSA) is 29.1 Å². The van der Waals surface area contributed by atoms with Gasteiger partial charge in [-0.2, -0.15) is 0 Å². The molecule has 23 heavy (non-hydrogen) atoms. The second-order valence-corrected chi connectivity index (χ2v) is 6.60. The van der Waals surface area contributed by atoms with E-state index in [9.17, 15) is 4.79 Å². The van der Waals surface area contributed by atoms with Gasteiger partial charge in [-0.05, 0) is 30.9 Å². The van der Waals surface area contributed by atoms with Crippen molar-refractivity contribution in [3.63, 3.8) is 0 Å². The molecule has 2 atom stereocenters. The van der Waals surface area contributed by atoms with Crippen LogP contribution in [0.15, 0.2) is 66.8 Å². The first-order valence-corrected chi connectivity index (χ1v) is 8.32. The molecule has 1 aliphatic heterocycles. The van der Waals surface area contributed by atoms with E-state index in [0.717, 1.165) is 31.5 Å². The van der Waals surface area contributed by atoms with Crippen LogP contribution in [0.2, 0.25) is 0 Å². The maximum atomic E-state index is 13.1. The zero-order valence-electron chi connectivity index (χ0n) is 14.2. The largest absolute Gasteiger partial charge is 0.315 e. The fourth-order valence-electron chi connectivity index (χ4n) is 3.40. The minimum Gasteiger partial charge on any atom is -0.315 e. The third-order valence-electron chi connectivity index (χ3n) is 4.50. The second-order valence-electron chi connectivity index (χ2n) is 6.60. The Hall–Kier alpha value is -1.93. The lowest BCUT2D eigenvalue weighted by Crippen LogP contribution is -2.52. The van der Waals surface area contributed by atoms with E-state index in [-0.39, 0.29) is 11.3 Å². The molecule has 0 amide bonds. The van der Waals surface area contributed by atoms with Crippen molar-refractivity contribution in [3.8, 4) is 0 Å². The highest BCUT2D eigenvalue weighted by atomic mass is 16.1. The number of ketones is 1. The fraction of sp³-hybridized carbons (Fsp3) is 0.381. The van der Waals surface area contributed by atoms with Gasteiger partial charge in [-0.1, -0.05) is 68.1 Å². The average molecular weight is 309 g/mol. The third-order valence-corrected chi connectivity index (χ3v) is 4.50. The van der Waals surface area contributed by atoms with E-state index in [1.165, 1.54) is 5.56 Å². The van der Waals surface area contributed by atoms with Crippen molar-refractivity contribution in [3.05, 3.63) is 72.4 Å². The first-order chi connectivity index (χ1) is 11.1. The predicted molar refractivity (Wildman–Crippen MR) is 97.3 cm³/mol. The summed E-state index contributed by atoms with van der Waals surface area (Å²) in [5, 5.41) is 3.47. The number of benzene rings is 1. The van der Waals surface area contributed by atoms with Crippen LogP contribution < -0.4 is 5.32 Å². The quantitative estimate of drug-likeness (QED) is 0.802. The van der Waals surface area contributed by atoms with Crippen LogP contribution in [0.25, 0.3) is 0 Å². The number of rotatable bonds is 6. The maximum Gasteiger partial charge on any atom is 0.145 e. The molecular formula is C21H27NO. The lowest BCUT2D eigenvalue weighted by atomic mass is 9.71. The second kappa shape index (κ2) is 8.07. The van der Waals surface area contributed by atoms with Crippen LogP contribution in [-0.2, 0) is 11.2 Å². The summed E-state index contributed by atoms with van der Waals surface area (Å²) >= 11 is 0. The highest BCUT2D eigenvalue weighted by Crippen LogP contribution is 2.32. The van der Waals surface area contributed by atoms with Gasteiger partial charge in [0.2, 0.25) is 0 Å². The predicted octanol–water partition coefficient (Wildman–Crippen LogP) is 4.10. The Labute approximate surface area is 140 Å². The Morgan fingerprint density at radius 1 is 1.39 bits per heavy atom. The number of carbonyl (C=O) groups excluding carboxylic acids is 1. The Balaban J connectivity index is 2.13. The smallest absolute Gasteiger partial charge is 0.145 e. The normalized spacial score (nSPS) is 25.7. The molecule has 0 radical (unpaired) electrons. The summed E-state index contributed by atoms with van der Waals surface area (Å²) in [6.45, 7) is 9.37. The minimum atomic E-state index is -0.334. The van der Waals surface area contributed by atoms with Crippen molar-refractivity contribution < 1.29 is 4.79 Å². The van der Waals surface area contributed by atoms with Crippen LogP contribution in [0, 0.1) is 11.3 Å². The van der Waals surface area contributed by atoms with Crippen molar-refractivity contribution in [2.75, 3.05) is 13.1 Å². The van der Waals surface area contributed by atoms with Gasteiger partial charge in [-0.25, -0.2) is 0 Å². The Bertz CT molecular complexity index is 600. The highest BCUT2D eigenvalue weighted by molar-refractivity contribution is 5.88. The molecular weight excluding hydrogens is 282 g/mol. The number of allylic oxidation sites excluding steroid dienone is 5. The molecule has 1 fully saturated rings. The fourth-order valence-corrected chi connectivity index (χ4v) is 3.40. The molecule has 2 heteroatoms. The highest BCUT2D eigenvalue weighted by Gasteiger charge is 2.40. The zero-order valence-corrected chi connectivity index (χ0v) is 14.2. The van der Waals surface area contributed by atoms with Crippen LogP contribution >= 0.6 is 0 Å². The van der Waals surface area contributed by atoms with E-state index in [4.69, 9.17) is 0 Å². The van der Waals surface area contributed by atoms with Crippen LogP contribution in [0.4, 0.5) is 0 Å². The molecule has 2 nitrogen and oxygen atoms in total.